The average molecular weight is 630 g/mol. The van der Waals surface area contributed by atoms with Gasteiger partial charge in [0.15, 0.2) is 11.5 Å². The van der Waals surface area contributed by atoms with Gasteiger partial charge in [-0.15, -0.1) is 0 Å². The zero-order chi connectivity index (χ0) is 30.4. The number of halogens is 5. The van der Waals surface area contributed by atoms with Gasteiger partial charge in [0, 0.05) is 18.9 Å². The quantitative estimate of drug-likeness (QED) is 0.342. The SMILES string of the molecule is C[C@]1(C(=O)O)CC[C@H](n2ncc(C(=O)N3C[C@H](C4CCCCC4)C[C@H]3C(=O)c3c(Cl)cncc3Cl)c2C(F)(F)F)CC1. The topological polar surface area (TPSA) is 105 Å². The van der Waals surface area contributed by atoms with Crippen molar-refractivity contribution in [3.8, 4) is 0 Å². The molecular formula is C29H33Cl2F3N4O4. The third kappa shape index (κ3) is 5.78. The van der Waals surface area contributed by atoms with Crippen LogP contribution in [0.1, 0.15) is 104 Å². The van der Waals surface area contributed by atoms with Crippen LogP contribution in [0.3, 0.4) is 0 Å². The second-order valence-corrected chi connectivity index (χ2v) is 13.0. The Labute approximate surface area is 251 Å². The number of hydrogen-bond donors (Lipinski definition) is 1. The summed E-state index contributed by atoms with van der Waals surface area (Å²) in [6.07, 6.45) is 4.63. The van der Waals surface area contributed by atoms with Crippen molar-refractivity contribution < 1.29 is 32.7 Å². The zero-order valence-corrected chi connectivity index (χ0v) is 24.7. The maximum atomic E-state index is 14.6. The van der Waals surface area contributed by atoms with E-state index in [0.29, 0.717) is 6.42 Å². The maximum absolute atomic E-state index is 14.6. The number of pyridine rings is 1. The number of carbonyl (C=O) groups excluding carboxylic acids is 2. The second-order valence-electron chi connectivity index (χ2n) is 12.2. The van der Waals surface area contributed by atoms with E-state index in [4.69, 9.17) is 23.2 Å². The number of hydrogen-bond acceptors (Lipinski definition) is 5. The number of nitrogens with zero attached hydrogens (tertiary/aromatic N) is 4. The van der Waals surface area contributed by atoms with Crippen LogP contribution in [0.25, 0.3) is 0 Å². The molecule has 2 saturated carbocycles. The summed E-state index contributed by atoms with van der Waals surface area (Å²) in [6.45, 7) is 1.73. The summed E-state index contributed by atoms with van der Waals surface area (Å²) in [5, 5.41) is 13.6. The van der Waals surface area contributed by atoms with Crippen molar-refractivity contribution in [1.82, 2.24) is 19.7 Å². The predicted octanol–water partition coefficient (Wildman–Crippen LogP) is 7.10. The molecule has 0 aromatic carbocycles. The van der Waals surface area contributed by atoms with E-state index in [9.17, 15) is 32.7 Å². The summed E-state index contributed by atoms with van der Waals surface area (Å²) in [4.78, 5) is 44.6. The lowest BCUT2D eigenvalue weighted by Gasteiger charge is -2.34. The smallest absolute Gasteiger partial charge is 0.433 e. The Kier molecular flexibility index (Phi) is 8.64. The van der Waals surface area contributed by atoms with E-state index in [1.54, 1.807) is 6.92 Å². The minimum absolute atomic E-state index is 0.00384. The second kappa shape index (κ2) is 11.8. The zero-order valence-electron chi connectivity index (χ0n) is 23.2. The average Bonchev–Trinajstić information content (AvgIpc) is 3.59. The van der Waals surface area contributed by atoms with E-state index in [2.05, 4.69) is 10.1 Å². The maximum Gasteiger partial charge on any atom is 0.433 e. The molecule has 13 heteroatoms. The third-order valence-electron chi connectivity index (χ3n) is 9.53. The van der Waals surface area contributed by atoms with Crippen LogP contribution in [0.5, 0.6) is 0 Å². The van der Waals surface area contributed by atoms with Crippen molar-refractivity contribution in [2.75, 3.05) is 6.54 Å². The number of alkyl halides is 3. The van der Waals surface area contributed by atoms with Gasteiger partial charge in [0.25, 0.3) is 5.91 Å². The van der Waals surface area contributed by atoms with E-state index < -0.39 is 52.6 Å². The minimum Gasteiger partial charge on any atom is -0.481 e. The van der Waals surface area contributed by atoms with Crippen LogP contribution in [0, 0.1) is 17.3 Å². The Morgan fingerprint density at radius 1 is 0.976 bits per heavy atom. The fraction of sp³-hybridized carbons (Fsp3) is 0.621. The Morgan fingerprint density at radius 2 is 1.60 bits per heavy atom. The Morgan fingerprint density at radius 3 is 2.17 bits per heavy atom. The molecule has 2 atom stereocenters. The van der Waals surface area contributed by atoms with E-state index in [0.717, 1.165) is 43.0 Å². The molecule has 1 amide bonds. The normalized spacial score (nSPS) is 27.3. The highest BCUT2D eigenvalue weighted by atomic mass is 35.5. The number of aromatic nitrogens is 3. The van der Waals surface area contributed by atoms with Crippen molar-refractivity contribution in [3.63, 3.8) is 0 Å². The van der Waals surface area contributed by atoms with Gasteiger partial charge in [-0.1, -0.05) is 55.3 Å². The first-order valence-electron chi connectivity index (χ1n) is 14.3. The van der Waals surface area contributed by atoms with Crippen molar-refractivity contribution in [1.29, 1.82) is 0 Å². The van der Waals surface area contributed by atoms with E-state index in [1.807, 2.05) is 0 Å². The lowest BCUT2D eigenvalue weighted by molar-refractivity contribution is -0.152. The van der Waals surface area contributed by atoms with E-state index in [1.165, 1.54) is 17.3 Å². The van der Waals surface area contributed by atoms with Crippen molar-refractivity contribution >= 4 is 40.9 Å². The molecular weight excluding hydrogens is 596 g/mol. The fourth-order valence-electron chi connectivity index (χ4n) is 7.03. The van der Waals surface area contributed by atoms with Gasteiger partial charge >= 0.3 is 12.1 Å². The van der Waals surface area contributed by atoms with Crippen LogP contribution in [0.4, 0.5) is 13.2 Å². The van der Waals surface area contributed by atoms with Crippen LogP contribution in [-0.2, 0) is 11.0 Å². The van der Waals surface area contributed by atoms with Gasteiger partial charge in [-0.2, -0.15) is 18.3 Å². The largest absolute Gasteiger partial charge is 0.481 e. The first kappa shape index (κ1) is 30.8. The van der Waals surface area contributed by atoms with Crippen LogP contribution in [0.15, 0.2) is 18.6 Å². The molecule has 1 N–H and O–H groups in total. The monoisotopic (exact) mass is 628 g/mol. The van der Waals surface area contributed by atoms with Crippen molar-refractivity contribution in [2.45, 2.75) is 89.4 Å². The summed E-state index contributed by atoms with van der Waals surface area (Å²) in [6, 6.07) is -1.76. The number of aliphatic carboxylic acids is 1. The molecule has 2 aromatic heterocycles. The molecule has 1 aliphatic heterocycles. The number of Topliss-reactive ketones (excluding diaryl/α,β-unsaturated/α-hetero) is 1. The molecule has 0 bridgehead atoms. The summed E-state index contributed by atoms with van der Waals surface area (Å²) in [7, 11) is 0. The molecule has 5 rings (SSSR count). The Bertz CT molecular complexity index is 1350. The molecule has 0 unspecified atom stereocenters. The number of carbonyl (C=O) groups is 3. The highest BCUT2D eigenvalue weighted by Crippen LogP contribution is 2.45. The highest BCUT2D eigenvalue weighted by molar-refractivity contribution is 6.40. The number of rotatable bonds is 6. The first-order valence-corrected chi connectivity index (χ1v) is 15.1. The molecule has 228 valence electrons. The first-order chi connectivity index (χ1) is 19.8. The number of likely N-dealkylation sites (tertiary alicyclic amines) is 1. The van der Waals surface area contributed by atoms with E-state index >= 15 is 0 Å². The highest BCUT2D eigenvalue weighted by Gasteiger charge is 2.48. The van der Waals surface area contributed by atoms with Crippen molar-refractivity contribution in [3.05, 3.63) is 45.5 Å². The fourth-order valence-corrected chi connectivity index (χ4v) is 7.58. The van der Waals surface area contributed by atoms with Crippen LogP contribution >= 0.6 is 23.2 Å². The predicted molar refractivity (Wildman–Crippen MR) is 149 cm³/mol. The lowest BCUT2D eigenvalue weighted by atomic mass is 9.74. The minimum atomic E-state index is -4.91. The van der Waals surface area contributed by atoms with Gasteiger partial charge in [-0.05, 0) is 50.9 Å². The van der Waals surface area contributed by atoms with Gasteiger partial charge in [-0.3, -0.25) is 24.0 Å². The summed E-state index contributed by atoms with van der Waals surface area (Å²) in [5.74, 6) is -2.23. The van der Waals surface area contributed by atoms with Crippen LogP contribution in [0.2, 0.25) is 10.0 Å². The number of ketones is 1. The molecule has 0 radical (unpaired) electrons. The Hall–Kier alpha value is -2.66. The summed E-state index contributed by atoms with van der Waals surface area (Å²) in [5.41, 5.74) is -2.82. The summed E-state index contributed by atoms with van der Waals surface area (Å²) < 4.78 is 44.6. The number of carboxylic acids is 1. The van der Waals surface area contributed by atoms with Gasteiger partial charge < -0.3 is 10.0 Å². The van der Waals surface area contributed by atoms with Crippen molar-refractivity contribution in [2.24, 2.45) is 17.3 Å². The van der Waals surface area contributed by atoms with Gasteiger partial charge in [-0.25, -0.2) is 0 Å². The van der Waals surface area contributed by atoms with Gasteiger partial charge in [0.2, 0.25) is 0 Å². The molecule has 2 aliphatic carbocycles. The molecule has 3 fully saturated rings. The molecule has 42 heavy (non-hydrogen) atoms. The lowest BCUT2D eigenvalue weighted by Crippen LogP contribution is -2.41. The molecule has 1 saturated heterocycles. The molecule has 8 nitrogen and oxygen atoms in total. The van der Waals surface area contributed by atoms with Gasteiger partial charge in [0.1, 0.15) is 0 Å². The number of carboxylic acid groups (broad SMARTS) is 1. The Balaban J connectivity index is 1.49. The van der Waals surface area contributed by atoms with Crippen LogP contribution < -0.4 is 0 Å². The third-order valence-corrected chi connectivity index (χ3v) is 10.1. The molecule has 3 heterocycles. The van der Waals surface area contributed by atoms with Gasteiger partial charge in [0.05, 0.1) is 44.9 Å². The molecule has 2 aromatic rings. The standard InChI is InChI=1S/C29H33Cl2F3N4O4/c1-28(27(41)42)9-7-18(8-10-28)38-25(29(32,33)34)19(12-36-38)26(40)37-15-17(16-5-3-2-4-6-16)11-22(37)24(39)23-20(30)13-35-14-21(23)31/h12-14,16-18,22H,2-11,15H2,1H3,(H,41,42)/t17-,18-,22+,28-/m1/s1. The van der Waals surface area contributed by atoms with Crippen LogP contribution in [-0.4, -0.2) is 55.0 Å². The summed E-state index contributed by atoms with van der Waals surface area (Å²) >= 11 is 12.6. The molecule has 0 spiro atoms. The number of amides is 1. The van der Waals surface area contributed by atoms with E-state index in [-0.39, 0.29) is 59.7 Å². The molecule has 3 aliphatic rings.